The van der Waals surface area contributed by atoms with E-state index in [4.69, 9.17) is 0 Å². The third-order valence-corrected chi connectivity index (χ3v) is 2.08. The second-order valence-corrected chi connectivity index (χ2v) is 3.06. The van der Waals surface area contributed by atoms with Crippen molar-refractivity contribution >= 4 is 11.4 Å². The van der Waals surface area contributed by atoms with Gasteiger partial charge in [-0.2, -0.15) is 0 Å². The maximum Gasteiger partial charge on any atom is 0.0691 e. The van der Waals surface area contributed by atoms with Crippen LogP contribution >= 0.6 is 0 Å². The second kappa shape index (κ2) is 4.75. The van der Waals surface area contributed by atoms with E-state index in [9.17, 15) is 0 Å². The zero-order valence-electron chi connectivity index (χ0n) is 8.54. The molecule has 2 nitrogen and oxygen atoms in total. The molecular formula is C11H16N2. The lowest BCUT2D eigenvalue weighted by atomic mass is 10.2. The Morgan fingerprint density at radius 2 is 2.23 bits per heavy atom. The molecule has 0 aliphatic heterocycles. The first-order chi connectivity index (χ1) is 6.27. The topological polar surface area (TPSA) is 25.2 Å². The molecule has 0 aromatic carbocycles. The van der Waals surface area contributed by atoms with Crippen molar-refractivity contribution in [3.63, 3.8) is 0 Å². The number of aliphatic imine (C=N–C) groups is 1. The molecule has 0 unspecified atom stereocenters. The first-order valence-corrected chi connectivity index (χ1v) is 4.75. The average molecular weight is 176 g/mol. The molecule has 13 heavy (non-hydrogen) atoms. The number of aromatic nitrogens is 1. The van der Waals surface area contributed by atoms with Gasteiger partial charge >= 0.3 is 0 Å². The number of aryl methyl sites for hydroxylation is 1. The van der Waals surface area contributed by atoms with E-state index >= 15 is 0 Å². The maximum absolute atomic E-state index is 4.52. The van der Waals surface area contributed by atoms with Crippen molar-refractivity contribution in [2.24, 2.45) is 4.99 Å². The van der Waals surface area contributed by atoms with Gasteiger partial charge in [-0.25, -0.2) is 0 Å². The standard InChI is InChI=1S/C11H16N2/c1-4-9(3)13-11-6-7-12-8-10(11)5-2/h6-8H,4-5H2,1-3H3/b13-9-. The van der Waals surface area contributed by atoms with Crippen molar-refractivity contribution in [2.45, 2.75) is 33.6 Å². The van der Waals surface area contributed by atoms with Crippen LogP contribution in [0.2, 0.25) is 0 Å². The van der Waals surface area contributed by atoms with Crippen LogP contribution < -0.4 is 0 Å². The fourth-order valence-electron chi connectivity index (χ4n) is 1.09. The number of nitrogens with zero attached hydrogens (tertiary/aromatic N) is 2. The van der Waals surface area contributed by atoms with E-state index in [1.807, 2.05) is 12.3 Å². The third-order valence-electron chi connectivity index (χ3n) is 2.08. The van der Waals surface area contributed by atoms with Crippen molar-refractivity contribution in [1.29, 1.82) is 0 Å². The van der Waals surface area contributed by atoms with Gasteiger partial charge in [-0.1, -0.05) is 13.8 Å². The summed E-state index contributed by atoms with van der Waals surface area (Å²) >= 11 is 0. The van der Waals surface area contributed by atoms with Gasteiger partial charge < -0.3 is 0 Å². The highest BCUT2D eigenvalue weighted by atomic mass is 14.8. The molecular weight excluding hydrogens is 160 g/mol. The second-order valence-electron chi connectivity index (χ2n) is 3.06. The van der Waals surface area contributed by atoms with Crippen LogP contribution in [0.15, 0.2) is 23.5 Å². The van der Waals surface area contributed by atoms with Gasteiger partial charge in [0, 0.05) is 18.1 Å². The summed E-state index contributed by atoms with van der Waals surface area (Å²) in [5, 5.41) is 0. The highest BCUT2D eigenvalue weighted by Crippen LogP contribution is 2.18. The van der Waals surface area contributed by atoms with E-state index in [1.165, 1.54) is 11.3 Å². The lowest BCUT2D eigenvalue weighted by molar-refractivity contribution is 1.09. The van der Waals surface area contributed by atoms with Gasteiger partial charge in [0.1, 0.15) is 0 Å². The molecule has 1 rings (SSSR count). The zero-order chi connectivity index (χ0) is 9.68. The third kappa shape index (κ3) is 2.65. The van der Waals surface area contributed by atoms with Gasteiger partial charge in [0.2, 0.25) is 0 Å². The zero-order valence-corrected chi connectivity index (χ0v) is 8.54. The lowest BCUT2D eigenvalue weighted by Gasteiger charge is -2.02. The molecule has 70 valence electrons. The van der Waals surface area contributed by atoms with E-state index in [0.29, 0.717) is 0 Å². The molecule has 1 aromatic rings. The molecule has 1 heterocycles. The van der Waals surface area contributed by atoms with E-state index in [2.05, 4.69) is 30.7 Å². The summed E-state index contributed by atoms with van der Waals surface area (Å²) in [4.78, 5) is 8.60. The summed E-state index contributed by atoms with van der Waals surface area (Å²) in [6.45, 7) is 6.29. The first kappa shape index (κ1) is 9.90. The Morgan fingerprint density at radius 3 is 2.85 bits per heavy atom. The monoisotopic (exact) mass is 176 g/mol. The minimum absolute atomic E-state index is 0.990. The average Bonchev–Trinajstić information content (AvgIpc) is 2.18. The first-order valence-electron chi connectivity index (χ1n) is 4.75. The Bertz CT molecular complexity index is 303. The summed E-state index contributed by atoms with van der Waals surface area (Å²) in [5.41, 5.74) is 3.45. The van der Waals surface area contributed by atoms with E-state index in [0.717, 1.165) is 18.5 Å². The summed E-state index contributed by atoms with van der Waals surface area (Å²) in [5.74, 6) is 0. The van der Waals surface area contributed by atoms with Crippen LogP contribution in [0.3, 0.4) is 0 Å². The highest BCUT2D eigenvalue weighted by Gasteiger charge is 1.97. The van der Waals surface area contributed by atoms with Crippen molar-refractivity contribution < 1.29 is 0 Å². The van der Waals surface area contributed by atoms with Crippen LogP contribution in [0, 0.1) is 0 Å². The summed E-state index contributed by atoms with van der Waals surface area (Å²) in [7, 11) is 0. The van der Waals surface area contributed by atoms with Gasteiger partial charge in [0.25, 0.3) is 0 Å². The van der Waals surface area contributed by atoms with E-state index in [1.54, 1.807) is 6.20 Å². The Hall–Kier alpha value is -1.18. The Labute approximate surface area is 79.7 Å². The van der Waals surface area contributed by atoms with Gasteiger partial charge in [-0.05, 0) is 31.4 Å². The van der Waals surface area contributed by atoms with Gasteiger partial charge in [0.05, 0.1) is 5.69 Å². The molecule has 0 fully saturated rings. The van der Waals surface area contributed by atoms with Crippen molar-refractivity contribution in [3.8, 4) is 0 Å². The molecule has 0 spiro atoms. The smallest absolute Gasteiger partial charge is 0.0691 e. The molecule has 0 saturated heterocycles. The maximum atomic E-state index is 4.52. The Morgan fingerprint density at radius 1 is 1.46 bits per heavy atom. The van der Waals surface area contributed by atoms with Crippen molar-refractivity contribution in [2.75, 3.05) is 0 Å². The quantitative estimate of drug-likeness (QED) is 0.649. The molecule has 0 saturated carbocycles. The molecule has 0 amide bonds. The molecule has 0 atom stereocenters. The fourth-order valence-corrected chi connectivity index (χ4v) is 1.09. The number of hydrogen-bond donors (Lipinski definition) is 0. The summed E-state index contributed by atoms with van der Waals surface area (Å²) in [6, 6.07) is 1.97. The van der Waals surface area contributed by atoms with Gasteiger partial charge in [-0.3, -0.25) is 9.98 Å². The van der Waals surface area contributed by atoms with E-state index in [-0.39, 0.29) is 0 Å². The number of hydrogen-bond acceptors (Lipinski definition) is 2. The molecule has 1 aromatic heterocycles. The SMILES string of the molecule is CC/C(C)=N\c1ccncc1CC. The largest absolute Gasteiger partial charge is 0.264 e. The highest BCUT2D eigenvalue weighted by molar-refractivity contribution is 5.84. The molecule has 0 aliphatic rings. The lowest BCUT2D eigenvalue weighted by Crippen LogP contribution is -1.89. The number of pyridine rings is 1. The number of rotatable bonds is 3. The van der Waals surface area contributed by atoms with Crippen LogP contribution in [0.5, 0.6) is 0 Å². The van der Waals surface area contributed by atoms with Crippen molar-refractivity contribution in [1.82, 2.24) is 4.98 Å². The fraction of sp³-hybridized carbons (Fsp3) is 0.455. The van der Waals surface area contributed by atoms with Crippen LogP contribution in [-0.4, -0.2) is 10.7 Å². The Balaban J connectivity index is 2.99. The van der Waals surface area contributed by atoms with Crippen molar-refractivity contribution in [3.05, 3.63) is 24.0 Å². The minimum Gasteiger partial charge on any atom is -0.264 e. The van der Waals surface area contributed by atoms with Crippen LogP contribution in [0.25, 0.3) is 0 Å². The summed E-state index contributed by atoms with van der Waals surface area (Å²) < 4.78 is 0. The van der Waals surface area contributed by atoms with Crippen LogP contribution in [-0.2, 0) is 6.42 Å². The molecule has 0 aliphatic carbocycles. The molecule has 0 radical (unpaired) electrons. The minimum atomic E-state index is 0.990. The Kier molecular flexibility index (Phi) is 3.62. The predicted molar refractivity (Wildman–Crippen MR) is 56.7 cm³/mol. The van der Waals surface area contributed by atoms with Crippen LogP contribution in [0.4, 0.5) is 5.69 Å². The molecule has 0 bridgehead atoms. The van der Waals surface area contributed by atoms with Gasteiger partial charge in [-0.15, -0.1) is 0 Å². The van der Waals surface area contributed by atoms with Gasteiger partial charge in [0.15, 0.2) is 0 Å². The van der Waals surface area contributed by atoms with E-state index < -0.39 is 0 Å². The predicted octanol–water partition coefficient (Wildman–Crippen LogP) is 3.15. The molecule has 0 N–H and O–H groups in total. The van der Waals surface area contributed by atoms with Crippen LogP contribution in [0.1, 0.15) is 32.8 Å². The normalized spacial score (nSPS) is 11.8. The molecule has 2 heteroatoms. The summed E-state index contributed by atoms with van der Waals surface area (Å²) in [6.07, 6.45) is 5.68.